The van der Waals surface area contributed by atoms with Crippen LogP contribution in [0, 0.1) is 17.8 Å². The minimum absolute atomic E-state index is 0.0313. The number of carbonyl (C=O) groups is 1. The van der Waals surface area contributed by atoms with Crippen LogP contribution in [0.1, 0.15) is 52.5 Å². The molecular formula is C24H32O3. The van der Waals surface area contributed by atoms with Crippen molar-refractivity contribution >= 4 is 16.7 Å². The zero-order valence-corrected chi connectivity index (χ0v) is 17.2. The van der Waals surface area contributed by atoms with Crippen LogP contribution in [0.4, 0.5) is 0 Å². The first kappa shape index (κ1) is 19.9. The number of methoxy groups -OCH3 is 1. The van der Waals surface area contributed by atoms with Gasteiger partial charge in [-0.05, 0) is 59.9 Å². The molecule has 0 saturated heterocycles. The van der Waals surface area contributed by atoms with Crippen molar-refractivity contribution in [2.75, 3.05) is 7.11 Å². The Morgan fingerprint density at radius 1 is 1.11 bits per heavy atom. The van der Waals surface area contributed by atoms with Gasteiger partial charge in [0.25, 0.3) is 0 Å². The second kappa shape index (κ2) is 8.02. The van der Waals surface area contributed by atoms with Crippen molar-refractivity contribution in [1.82, 2.24) is 0 Å². The van der Waals surface area contributed by atoms with Crippen LogP contribution in [0.5, 0.6) is 0 Å². The summed E-state index contributed by atoms with van der Waals surface area (Å²) in [6.07, 6.45) is 3.24. The molecule has 2 aromatic rings. The number of hydrogen-bond donors (Lipinski definition) is 0. The Bertz CT molecular complexity index is 797. The number of carbonyl (C=O) groups excluding carboxylic acids is 1. The van der Waals surface area contributed by atoms with E-state index < -0.39 is 5.60 Å². The van der Waals surface area contributed by atoms with Crippen molar-refractivity contribution in [3.8, 4) is 0 Å². The van der Waals surface area contributed by atoms with Crippen molar-refractivity contribution < 1.29 is 14.3 Å². The van der Waals surface area contributed by atoms with Gasteiger partial charge in [-0.25, -0.2) is 4.79 Å². The zero-order valence-electron chi connectivity index (χ0n) is 17.2. The van der Waals surface area contributed by atoms with Crippen LogP contribution >= 0.6 is 0 Å². The zero-order chi connectivity index (χ0) is 19.6. The number of ether oxygens (including phenoxy) is 2. The highest BCUT2D eigenvalue weighted by atomic mass is 16.6. The molecule has 0 N–H and O–H groups in total. The van der Waals surface area contributed by atoms with E-state index in [0.717, 1.165) is 29.2 Å². The molecule has 0 heterocycles. The summed E-state index contributed by atoms with van der Waals surface area (Å²) in [4.78, 5) is 13.2. The number of hydrogen-bond acceptors (Lipinski definition) is 3. The van der Waals surface area contributed by atoms with Gasteiger partial charge in [0.05, 0.1) is 0 Å². The van der Waals surface area contributed by atoms with Crippen LogP contribution in [0.25, 0.3) is 10.8 Å². The molecule has 1 fully saturated rings. The van der Waals surface area contributed by atoms with Crippen LogP contribution in [-0.4, -0.2) is 19.2 Å². The maximum Gasteiger partial charge on any atom is 0.343 e. The summed E-state index contributed by atoms with van der Waals surface area (Å²) >= 11 is 0. The predicted octanol–water partition coefficient (Wildman–Crippen LogP) is 5.71. The highest BCUT2D eigenvalue weighted by Crippen LogP contribution is 2.37. The molecule has 3 rings (SSSR count). The first-order valence-electron chi connectivity index (χ1n) is 10.1. The Balaban J connectivity index is 1.86. The van der Waals surface area contributed by atoms with E-state index in [-0.39, 0.29) is 12.1 Å². The Labute approximate surface area is 163 Å². The smallest absolute Gasteiger partial charge is 0.343 e. The van der Waals surface area contributed by atoms with Gasteiger partial charge in [0.1, 0.15) is 6.10 Å². The Morgan fingerprint density at radius 3 is 2.48 bits per heavy atom. The summed E-state index contributed by atoms with van der Waals surface area (Å²) in [5.41, 5.74) is -0.273. The Hall–Kier alpha value is -1.87. The van der Waals surface area contributed by atoms with Gasteiger partial charge in [0.2, 0.25) is 0 Å². The first-order valence-corrected chi connectivity index (χ1v) is 10.1. The number of rotatable bonds is 5. The third kappa shape index (κ3) is 4.03. The van der Waals surface area contributed by atoms with Crippen molar-refractivity contribution in [2.45, 2.75) is 58.7 Å². The van der Waals surface area contributed by atoms with Crippen LogP contribution < -0.4 is 0 Å². The number of fused-ring (bicyclic) bond motifs is 1. The standard InChI is InChI=1S/C24H32O3/c1-16(2)21-13-10-17(3)14-22(21)27-23(25)24(4,26-5)20-12-11-18-8-6-7-9-19(18)15-20/h6-9,11-12,15-17,21-22H,10,13-14H2,1-5H3/t17-,21+,22-,24?/m1/s1. The Morgan fingerprint density at radius 2 is 1.81 bits per heavy atom. The molecule has 146 valence electrons. The van der Waals surface area contributed by atoms with Crippen molar-refractivity contribution in [2.24, 2.45) is 17.8 Å². The molecule has 0 radical (unpaired) electrons. The highest BCUT2D eigenvalue weighted by Gasteiger charge is 2.41. The maximum atomic E-state index is 13.2. The van der Waals surface area contributed by atoms with Crippen LogP contribution in [0.3, 0.4) is 0 Å². The van der Waals surface area contributed by atoms with E-state index in [1.807, 2.05) is 37.3 Å². The van der Waals surface area contributed by atoms with Gasteiger partial charge in [-0.1, -0.05) is 63.6 Å². The lowest BCUT2D eigenvalue weighted by Crippen LogP contribution is -2.43. The fourth-order valence-electron chi connectivity index (χ4n) is 4.31. The fourth-order valence-corrected chi connectivity index (χ4v) is 4.31. The Kier molecular flexibility index (Phi) is 5.90. The van der Waals surface area contributed by atoms with E-state index in [9.17, 15) is 4.79 Å². The molecule has 2 aromatic carbocycles. The molecule has 1 aliphatic carbocycles. The number of benzene rings is 2. The van der Waals surface area contributed by atoms with Gasteiger partial charge >= 0.3 is 5.97 Å². The minimum Gasteiger partial charge on any atom is -0.460 e. The molecule has 4 atom stereocenters. The molecule has 3 heteroatoms. The van der Waals surface area contributed by atoms with E-state index in [4.69, 9.17) is 9.47 Å². The molecule has 0 aliphatic heterocycles. The van der Waals surface area contributed by atoms with E-state index in [1.54, 1.807) is 7.11 Å². The summed E-state index contributed by atoms with van der Waals surface area (Å²) in [5, 5.41) is 2.24. The second-order valence-electron chi connectivity index (χ2n) is 8.57. The first-order chi connectivity index (χ1) is 12.8. The molecule has 0 amide bonds. The molecule has 1 aliphatic rings. The SMILES string of the molecule is COC(C)(C(=O)O[C@@H]1C[C@H](C)CC[C@H]1C(C)C)c1ccc2ccccc2c1. The molecule has 27 heavy (non-hydrogen) atoms. The molecule has 3 nitrogen and oxygen atoms in total. The predicted molar refractivity (Wildman–Crippen MR) is 110 cm³/mol. The average molecular weight is 369 g/mol. The molecule has 1 saturated carbocycles. The lowest BCUT2D eigenvalue weighted by Gasteiger charge is -2.38. The van der Waals surface area contributed by atoms with Crippen molar-refractivity contribution in [1.29, 1.82) is 0 Å². The van der Waals surface area contributed by atoms with E-state index in [1.165, 1.54) is 6.42 Å². The number of esters is 1. The van der Waals surface area contributed by atoms with E-state index >= 15 is 0 Å². The van der Waals surface area contributed by atoms with E-state index in [0.29, 0.717) is 17.8 Å². The van der Waals surface area contributed by atoms with Crippen LogP contribution in [-0.2, 0) is 19.9 Å². The molecule has 1 unspecified atom stereocenters. The monoisotopic (exact) mass is 368 g/mol. The lowest BCUT2D eigenvalue weighted by atomic mass is 9.75. The van der Waals surface area contributed by atoms with Gasteiger partial charge in [-0.3, -0.25) is 0 Å². The van der Waals surface area contributed by atoms with Crippen LogP contribution in [0.2, 0.25) is 0 Å². The average Bonchev–Trinajstić information content (AvgIpc) is 2.66. The second-order valence-corrected chi connectivity index (χ2v) is 8.57. The summed E-state index contributed by atoms with van der Waals surface area (Å²) in [6.45, 7) is 8.51. The van der Waals surface area contributed by atoms with Gasteiger partial charge in [0, 0.05) is 7.11 Å². The highest BCUT2D eigenvalue weighted by molar-refractivity contribution is 5.87. The van der Waals surface area contributed by atoms with Gasteiger partial charge in [-0.2, -0.15) is 0 Å². The largest absolute Gasteiger partial charge is 0.460 e. The van der Waals surface area contributed by atoms with Crippen molar-refractivity contribution in [3.05, 3.63) is 48.0 Å². The summed E-state index contributed by atoms with van der Waals surface area (Å²) < 4.78 is 11.8. The van der Waals surface area contributed by atoms with Gasteiger partial charge in [-0.15, -0.1) is 0 Å². The topological polar surface area (TPSA) is 35.5 Å². The molecule has 0 bridgehead atoms. The maximum absolute atomic E-state index is 13.2. The molecule has 0 spiro atoms. The summed E-state index contributed by atoms with van der Waals surface area (Å²) in [5.74, 6) is 1.23. The summed E-state index contributed by atoms with van der Waals surface area (Å²) in [6, 6.07) is 14.2. The third-order valence-corrected chi connectivity index (χ3v) is 6.32. The van der Waals surface area contributed by atoms with Crippen LogP contribution in [0.15, 0.2) is 42.5 Å². The lowest BCUT2D eigenvalue weighted by molar-refractivity contribution is -0.180. The fraction of sp³-hybridized carbons (Fsp3) is 0.542. The van der Waals surface area contributed by atoms with Gasteiger partial charge < -0.3 is 9.47 Å². The quantitative estimate of drug-likeness (QED) is 0.635. The summed E-state index contributed by atoms with van der Waals surface area (Å²) in [7, 11) is 1.58. The third-order valence-electron chi connectivity index (χ3n) is 6.32. The molecular weight excluding hydrogens is 336 g/mol. The molecule has 0 aromatic heterocycles. The van der Waals surface area contributed by atoms with Gasteiger partial charge in [0.15, 0.2) is 5.60 Å². The van der Waals surface area contributed by atoms with E-state index in [2.05, 4.69) is 32.9 Å². The minimum atomic E-state index is -1.10. The normalized spacial score (nSPS) is 25.3. The van der Waals surface area contributed by atoms with Crippen molar-refractivity contribution in [3.63, 3.8) is 0 Å².